The van der Waals surface area contributed by atoms with Crippen LogP contribution in [0.25, 0.3) is 0 Å². The number of nitrogens with two attached hydrogens (primary N) is 1. The summed E-state index contributed by atoms with van der Waals surface area (Å²) in [7, 11) is 0. The molecule has 2 aliphatic rings. The van der Waals surface area contributed by atoms with Gasteiger partial charge in [-0.15, -0.1) is 0 Å². The summed E-state index contributed by atoms with van der Waals surface area (Å²) < 4.78 is 16.6. The van der Waals surface area contributed by atoms with Crippen LogP contribution >= 0.6 is 0 Å². The van der Waals surface area contributed by atoms with E-state index in [-0.39, 0.29) is 11.7 Å². The Labute approximate surface area is 72.0 Å². The van der Waals surface area contributed by atoms with Crippen LogP contribution in [0.3, 0.4) is 0 Å². The molecule has 0 aromatic carbocycles. The van der Waals surface area contributed by atoms with Gasteiger partial charge in [0.05, 0.1) is 13.2 Å². The average Bonchev–Trinajstić information content (AvgIpc) is 2.40. The minimum Gasteiger partial charge on any atom is -0.375 e. The third kappa shape index (κ3) is 1.07. The van der Waals surface area contributed by atoms with Crippen LogP contribution in [-0.2, 0) is 14.2 Å². The number of hydrogen-bond acceptors (Lipinski definition) is 4. The topological polar surface area (TPSA) is 53.7 Å². The zero-order chi connectivity index (χ0) is 8.82. The predicted molar refractivity (Wildman–Crippen MR) is 42.6 cm³/mol. The highest BCUT2D eigenvalue weighted by molar-refractivity contribution is 5.00. The van der Waals surface area contributed by atoms with Crippen molar-refractivity contribution < 1.29 is 14.2 Å². The van der Waals surface area contributed by atoms with Crippen LogP contribution in [0.1, 0.15) is 13.8 Å². The summed E-state index contributed by atoms with van der Waals surface area (Å²) in [5.74, 6) is -0.506. The van der Waals surface area contributed by atoms with Crippen molar-refractivity contribution in [1.29, 1.82) is 0 Å². The second kappa shape index (κ2) is 2.42. The van der Waals surface area contributed by atoms with Gasteiger partial charge in [-0.2, -0.15) is 0 Å². The number of rotatable bonds is 1. The SMILES string of the molecule is CC1(C)O[C@H]2COC[C@@]2(CN)O1. The van der Waals surface area contributed by atoms with Crippen LogP contribution in [0, 0.1) is 0 Å². The maximum absolute atomic E-state index is 5.74. The Morgan fingerprint density at radius 3 is 2.83 bits per heavy atom. The van der Waals surface area contributed by atoms with Gasteiger partial charge in [-0.1, -0.05) is 0 Å². The molecule has 2 heterocycles. The summed E-state index contributed by atoms with van der Waals surface area (Å²) in [6, 6.07) is 0. The molecule has 0 aliphatic carbocycles. The normalized spacial score (nSPS) is 44.8. The fraction of sp³-hybridized carbons (Fsp3) is 1.00. The van der Waals surface area contributed by atoms with E-state index in [2.05, 4.69) is 0 Å². The van der Waals surface area contributed by atoms with Gasteiger partial charge in [0.25, 0.3) is 0 Å². The quantitative estimate of drug-likeness (QED) is 0.600. The number of hydrogen-bond donors (Lipinski definition) is 1. The summed E-state index contributed by atoms with van der Waals surface area (Å²) in [6.07, 6.45) is 0.0116. The van der Waals surface area contributed by atoms with Crippen molar-refractivity contribution in [2.75, 3.05) is 19.8 Å². The minimum absolute atomic E-state index is 0.0116. The molecule has 2 atom stereocenters. The van der Waals surface area contributed by atoms with E-state index in [1.165, 1.54) is 0 Å². The molecule has 70 valence electrons. The highest BCUT2D eigenvalue weighted by atomic mass is 16.8. The molecule has 4 heteroatoms. The van der Waals surface area contributed by atoms with Gasteiger partial charge in [-0.05, 0) is 13.8 Å². The van der Waals surface area contributed by atoms with Crippen molar-refractivity contribution in [2.45, 2.75) is 31.3 Å². The zero-order valence-corrected chi connectivity index (χ0v) is 7.50. The van der Waals surface area contributed by atoms with Gasteiger partial charge in [0.2, 0.25) is 0 Å². The molecule has 0 bridgehead atoms. The molecule has 0 saturated carbocycles. The molecule has 0 aromatic rings. The number of fused-ring (bicyclic) bond motifs is 1. The Morgan fingerprint density at radius 1 is 1.50 bits per heavy atom. The van der Waals surface area contributed by atoms with Gasteiger partial charge in [0.1, 0.15) is 11.7 Å². The van der Waals surface area contributed by atoms with E-state index in [9.17, 15) is 0 Å². The molecular weight excluding hydrogens is 158 g/mol. The summed E-state index contributed by atoms with van der Waals surface area (Å²) >= 11 is 0. The van der Waals surface area contributed by atoms with Crippen LogP contribution in [-0.4, -0.2) is 37.3 Å². The fourth-order valence-corrected chi connectivity index (χ4v) is 1.91. The van der Waals surface area contributed by atoms with Crippen LogP contribution in [0.5, 0.6) is 0 Å². The minimum atomic E-state index is -0.506. The molecule has 2 saturated heterocycles. The largest absolute Gasteiger partial charge is 0.375 e. The molecule has 2 rings (SSSR count). The van der Waals surface area contributed by atoms with Crippen LogP contribution in [0.15, 0.2) is 0 Å². The number of ether oxygens (including phenoxy) is 3. The first-order valence-corrected chi connectivity index (χ1v) is 4.24. The van der Waals surface area contributed by atoms with Gasteiger partial charge in [-0.3, -0.25) is 0 Å². The predicted octanol–water partition coefficient (Wildman–Crippen LogP) is -0.134. The van der Waals surface area contributed by atoms with Crippen molar-refractivity contribution in [3.05, 3.63) is 0 Å². The first kappa shape index (κ1) is 8.44. The standard InChI is InChI=1S/C8H15NO3/c1-7(2)11-6-3-10-5-8(6,4-9)12-7/h6H,3-5,9H2,1-2H3/t6-,8+/m0/s1. The van der Waals surface area contributed by atoms with Crippen LogP contribution in [0.4, 0.5) is 0 Å². The Hall–Kier alpha value is -0.160. The first-order valence-electron chi connectivity index (χ1n) is 4.24. The van der Waals surface area contributed by atoms with Gasteiger partial charge < -0.3 is 19.9 Å². The van der Waals surface area contributed by atoms with Crippen molar-refractivity contribution in [3.8, 4) is 0 Å². The second-order valence-corrected chi connectivity index (χ2v) is 3.89. The van der Waals surface area contributed by atoms with E-state index in [0.29, 0.717) is 19.8 Å². The summed E-state index contributed by atoms with van der Waals surface area (Å²) in [5.41, 5.74) is 5.26. The van der Waals surface area contributed by atoms with E-state index in [1.807, 2.05) is 13.8 Å². The van der Waals surface area contributed by atoms with E-state index in [0.717, 1.165) is 0 Å². The van der Waals surface area contributed by atoms with Crippen LogP contribution in [0.2, 0.25) is 0 Å². The molecule has 0 unspecified atom stereocenters. The lowest BCUT2D eigenvalue weighted by molar-refractivity contribution is -0.180. The smallest absolute Gasteiger partial charge is 0.164 e. The third-order valence-electron chi connectivity index (χ3n) is 2.42. The Balaban J connectivity index is 2.20. The second-order valence-electron chi connectivity index (χ2n) is 3.89. The van der Waals surface area contributed by atoms with Crippen molar-refractivity contribution in [2.24, 2.45) is 5.73 Å². The van der Waals surface area contributed by atoms with E-state index in [4.69, 9.17) is 19.9 Å². The van der Waals surface area contributed by atoms with E-state index in [1.54, 1.807) is 0 Å². The molecule has 0 spiro atoms. The van der Waals surface area contributed by atoms with Gasteiger partial charge in [-0.25, -0.2) is 0 Å². The van der Waals surface area contributed by atoms with Crippen molar-refractivity contribution >= 4 is 0 Å². The third-order valence-corrected chi connectivity index (χ3v) is 2.42. The van der Waals surface area contributed by atoms with E-state index < -0.39 is 5.79 Å². The lowest BCUT2D eigenvalue weighted by atomic mass is 10.0. The zero-order valence-electron chi connectivity index (χ0n) is 7.50. The lowest BCUT2D eigenvalue weighted by Gasteiger charge is -2.24. The molecular formula is C8H15NO3. The molecule has 4 nitrogen and oxygen atoms in total. The molecule has 2 aliphatic heterocycles. The Kier molecular flexibility index (Phi) is 1.70. The van der Waals surface area contributed by atoms with Crippen LogP contribution < -0.4 is 5.73 Å². The van der Waals surface area contributed by atoms with Crippen molar-refractivity contribution in [1.82, 2.24) is 0 Å². The molecule has 0 amide bonds. The molecule has 0 aromatic heterocycles. The van der Waals surface area contributed by atoms with Gasteiger partial charge in [0, 0.05) is 6.54 Å². The highest BCUT2D eigenvalue weighted by Crippen LogP contribution is 2.39. The summed E-state index contributed by atoms with van der Waals surface area (Å²) in [5, 5.41) is 0. The summed E-state index contributed by atoms with van der Waals surface area (Å²) in [6.45, 7) is 5.42. The van der Waals surface area contributed by atoms with Crippen molar-refractivity contribution in [3.63, 3.8) is 0 Å². The molecule has 0 radical (unpaired) electrons. The fourth-order valence-electron chi connectivity index (χ4n) is 1.91. The maximum Gasteiger partial charge on any atom is 0.164 e. The van der Waals surface area contributed by atoms with E-state index >= 15 is 0 Å². The molecule has 12 heavy (non-hydrogen) atoms. The van der Waals surface area contributed by atoms with Gasteiger partial charge in [0.15, 0.2) is 5.79 Å². The maximum atomic E-state index is 5.74. The highest BCUT2D eigenvalue weighted by Gasteiger charge is 2.56. The molecule has 2 N–H and O–H groups in total. The summed E-state index contributed by atoms with van der Waals surface area (Å²) in [4.78, 5) is 0. The first-order chi connectivity index (χ1) is 5.58. The van der Waals surface area contributed by atoms with Gasteiger partial charge >= 0.3 is 0 Å². The monoisotopic (exact) mass is 173 g/mol. The Bertz CT molecular complexity index is 195. The average molecular weight is 173 g/mol. The Morgan fingerprint density at radius 2 is 2.25 bits per heavy atom. The molecule has 2 fully saturated rings. The lowest BCUT2D eigenvalue weighted by Crippen LogP contribution is -2.46.